The van der Waals surface area contributed by atoms with Crippen molar-refractivity contribution in [3.63, 3.8) is 0 Å². The molecule has 1 aliphatic rings. The second kappa shape index (κ2) is 9.92. The van der Waals surface area contributed by atoms with Gasteiger partial charge in [0.05, 0.1) is 11.5 Å². The van der Waals surface area contributed by atoms with E-state index in [4.69, 9.17) is 4.74 Å². The van der Waals surface area contributed by atoms with Gasteiger partial charge in [-0.1, -0.05) is 31.5 Å². The van der Waals surface area contributed by atoms with Gasteiger partial charge in [0.1, 0.15) is 6.04 Å². The Morgan fingerprint density at radius 3 is 2.13 bits per heavy atom. The number of amides is 1. The minimum absolute atomic E-state index is 0.0963. The van der Waals surface area contributed by atoms with Gasteiger partial charge in [-0.15, -0.1) is 0 Å². The van der Waals surface area contributed by atoms with E-state index in [-0.39, 0.29) is 37.4 Å². The molecule has 0 radical (unpaired) electrons. The molecule has 1 heterocycles. The summed E-state index contributed by atoms with van der Waals surface area (Å²) in [7, 11) is -3.62. The van der Waals surface area contributed by atoms with E-state index in [1.165, 1.54) is 4.31 Å². The molecule has 0 bridgehead atoms. The maximum Gasteiger partial charge on any atom is 0.328 e. The van der Waals surface area contributed by atoms with Crippen LogP contribution in [-0.2, 0) is 24.3 Å². The lowest BCUT2D eigenvalue weighted by Gasteiger charge is -2.32. The molecule has 1 fully saturated rings. The fourth-order valence-electron chi connectivity index (χ4n) is 4.06. The van der Waals surface area contributed by atoms with Crippen molar-refractivity contribution in [1.29, 1.82) is 0 Å². The minimum atomic E-state index is -3.62. The van der Waals surface area contributed by atoms with E-state index in [1.54, 1.807) is 6.92 Å². The van der Waals surface area contributed by atoms with E-state index >= 15 is 0 Å². The van der Waals surface area contributed by atoms with Gasteiger partial charge in [0.15, 0.2) is 0 Å². The molecule has 1 amide bonds. The molecule has 0 aliphatic carbocycles. The van der Waals surface area contributed by atoms with E-state index < -0.39 is 22.0 Å². The third-order valence-corrected chi connectivity index (χ3v) is 7.74. The number of aryl methyl sites for hydroxylation is 3. The van der Waals surface area contributed by atoms with E-state index in [1.807, 2.05) is 46.8 Å². The zero-order chi connectivity index (χ0) is 22.6. The van der Waals surface area contributed by atoms with Crippen molar-refractivity contribution in [3.05, 3.63) is 28.8 Å². The first kappa shape index (κ1) is 24.3. The SMILES string of the molecule is CCOC(=O)C(NC(=O)C1CCN(S(=O)(=O)c2c(C)cc(C)cc2C)CC1)C(C)C. The first-order valence-electron chi connectivity index (χ1n) is 10.5. The quantitative estimate of drug-likeness (QED) is 0.661. The highest BCUT2D eigenvalue weighted by Gasteiger charge is 2.35. The number of piperidine rings is 1. The van der Waals surface area contributed by atoms with Crippen molar-refractivity contribution in [1.82, 2.24) is 9.62 Å². The standard InChI is InChI=1S/C22H34N2O5S/c1-7-29-22(26)19(14(2)3)23-21(25)18-8-10-24(11-9-18)30(27,28)20-16(5)12-15(4)13-17(20)6/h12-14,18-19H,7-11H2,1-6H3,(H,23,25). The number of carbonyl (C=O) groups excluding carboxylic acids is 2. The van der Waals surface area contributed by atoms with Gasteiger partial charge >= 0.3 is 5.97 Å². The van der Waals surface area contributed by atoms with Crippen LogP contribution in [-0.4, -0.2) is 50.3 Å². The molecule has 0 spiro atoms. The smallest absolute Gasteiger partial charge is 0.328 e. The summed E-state index contributed by atoms with van der Waals surface area (Å²) in [5.74, 6) is -1.08. The molecule has 30 heavy (non-hydrogen) atoms. The third-order valence-electron chi connectivity index (χ3n) is 5.53. The molecule has 2 rings (SSSR count). The Balaban J connectivity index is 2.07. The predicted octanol–water partition coefficient (Wildman–Crippen LogP) is 2.72. The fraction of sp³-hybridized carbons (Fsp3) is 0.636. The number of hydrogen-bond donors (Lipinski definition) is 1. The number of sulfonamides is 1. The van der Waals surface area contributed by atoms with Gasteiger partial charge in [-0.2, -0.15) is 4.31 Å². The number of rotatable bonds is 7. The second-order valence-electron chi connectivity index (χ2n) is 8.39. The van der Waals surface area contributed by atoms with Crippen molar-refractivity contribution in [2.24, 2.45) is 11.8 Å². The molecule has 1 saturated heterocycles. The molecular formula is C22H34N2O5S. The van der Waals surface area contributed by atoms with E-state index in [0.29, 0.717) is 17.7 Å². The van der Waals surface area contributed by atoms with E-state index in [9.17, 15) is 18.0 Å². The normalized spacial score (nSPS) is 17.0. The number of carbonyl (C=O) groups is 2. The number of benzene rings is 1. The van der Waals surface area contributed by atoms with E-state index in [2.05, 4.69) is 5.32 Å². The Morgan fingerprint density at radius 1 is 1.13 bits per heavy atom. The van der Waals surface area contributed by atoms with Crippen LogP contribution in [0.1, 0.15) is 50.3 Å². The van der Waals surface area contributed by atoms with Crippen LogP contribution in [0.15, 0.2) is 17.0 Å². The molecule has 0 saturated carbocycles. The molecule has 1 unspecified atom stereocenters. The van der Waals surface area contributed by atoms with Crippen LogP contribution in [0.5, 0.6) is 0 Å². The highest BCUT2D eigenvalue weighted by molar-refractivity contribution is 7.89. The number of nitrogens with one attached hydrogen (secondary N) is 1. The van der Waals surface area contributed by atoms with Crippen LogP contribution in [0.2, 0.25) is 0 Å². The minimum Gasteiger partial charge on any atom is -0.464 e. The first-order chi connectivity index (χ1) is 14.0. The first-order valence-corrected chi connectivity index (χ1v) is 12.0. The van der Waals surface area contributed by atoms with Crippen molar-refractivity contribution < 1.29 is 22.7 Å². The predicted molar refractivity (Wildman–Crippen MR) is 116 cm³/mol. The maximum atomic E-state index is 13.2. The summed E-state index contributed by atoms with van der Waals surface area (Å²) in [4.78, 5) is 25.2. The lowest BCUT2D eigenvalue weighted by atomic mass is 9.95. The summed E-state index contributed by atoms with van der Waals surface area (Å²) in [6.07, 6.45) is 0.839. The lowest BCUT2D eigenvalue weighted by molar-refractivity contribution is -0.149. The number of ether oxygens (including phenoxy) is 1. The fourth-order valence-corrected chi connectivity index (χ4v) is 5.94. The van der Waals surface area contributed by atoms with Crippen molar-refractivity contribution in [3.8, 4) is 0 Å². The topological polar surface area (TPSA) is 92.8 Å². The van der Waals surface area contributed by atoms with E-state index in [0.717, 1.165) is 16.7 Å². The number of hydrogen-bond acceptors (Lipinski definition) is 5. The van der Waals surface area contributed by atoms with Gasteiger partial charge in [-0.3, -0.25) is 4.79 Å². The van der Waals surface area contributed by atoms with Crippen LogP contribution in [0.3, 0.4) is 0 Å². The van der Waals surface area contributed by atoms with Gasteiger partial charge in [0.2, 0.25) is 15.9 Å². The summed E-state index contributed by atoms with van der Waals surface area (Å²) in [6.45, 7) is 11.8. The van der Waals surface area contributed by atoms with Crippen molar-refractivity contribution in [2.45, 2.75) is 65.3 Å². The van der Waals surface area contributed by atoms with Crippen LogP contribution < -0.4 is 5.32 Å². The van der Waals surface area contributed by atoms with Gasteiger partial charge in [-0.05, 0) is 57.6 Å². The Bertz CT molecular complexity index is 864. The summed E-state index contributed by atoms with van der Waals surface area (Å²) >= 11 is 0. The average Bonchev–Trinajstić information content (AvgIpc) is 2.64. The molecule has 7 nitrogen and oxygen atoms in total. The maximum absolute atomic E-state index is 13.2. The molecular weight excluding hydrogens is 404 g/mol. The van der Waals surface area contributed by atoms with Gasteiger partial charge < -0.3 is 10.1 Å². The third kappa shape index (κ3) is 5.40. The Labute approximate surface area is 180 Å². The largest absolute Gasteiger partial charge is 0.464 e. The Kier molecular flexibility index (Phi) is 8.05. The molecule has 1 aromatic rings. The zero-order valence-corrected chi connectivity index (χ0v) is 19.6. The highest BCUT2D eigenvalue weighted by Crippen LogP contribution is 2.29. The molecule has 1 atom stereocenters. The van der Waals surface area contributed by atoms with Gasteiger partial charge in [0, 0.05) is 19.0 Å². The summed E-state index contributed by atoms with van der Waals surface area (Å²) in [5.41, 5.74) is 2.50. The monoisotopic (exact) mass is 438 g/mol. The van der Waals surface area contributed by atoms with Crippen LogP contribution in [0.4, 0.5) is 0 Å². The lowest BCUT2D eigenvalue weighted by Crippen LogP contribution is -2.49. The molecule has 1 N–H and O–H groups in total. The second-order valence-corrected chi connectivity index (χ2v) is 10.3. The van der Waals surface area contributed by atoms with Gasteiger partial charge in [-0.25, -0.2) is 13.2 Å². The van der Waals surface area contributed by atoms with Gasteiger partial charge in [0.25, 0.3) is 0 Å². The molecule has 8 heteroatoms. The van der Waals surface area contributed by atoms with Crippen LogP contribution in [0, 0.1) is 32.6 Å². The summed E-state index contributed by atoms with van der Waals surface area (Å²) in [5, 5.41) is 2.80. The Morgan fingerprint density at radius 2 is 1.67 bits per heavy atom. The number of nitrogens with zero attached hydrogens (tertiary/aromatic N) is 1. The summed E-state index contributed by atoms with van der Waals surface area (Å²) < 4.78 is 32.9. The molecule has 1 aromatic carbocycles. The van der Waals surface area contributed by atoms with Crippen LogP contribution >= 0.6 is 0 Å². The summed E-state index contributed by atoms with van der Waals surface area (Å²) in [6, 6.07) is 3.06. The highest BCUT2D eigenvalue weighted by atomic mass is 32.2. The number of esters is 1. The average molecular weight is 439 g/mol. The molecule has 1 aliphatic heterocycles. The van der Waals surface area contributed by atoms with Crippen LogP contribution in [0.25, 0.3) is 0 Å². The Hall–Kier alpha value is -1.93. The molecule has 0 aromatic heterocycles. The zero-order valence-electron chi connectivity index (χ0n) is 18.8. The molecule has 168 valence electrons. The van der Waals surface area contributed by atoms with Crippen molar-refractivity contribution >= 4 is 21.9 Å². The van der Waals surface area contributed by atoms with Crippen molar-refractivity contribution in [2.75, 3.05) is 19.7 Å².